The van der Waals surface area contributed by atoms with E-state index in [9.17, 15) is 14.4 Å². The minimum Gasteiger partial charge on any atom is -0.462 e. The van der Waals surface area contributed by atoms with Crippen molar-refractivity contribution in [2.24, 2.45) is 0 Å². The predicted molar refractivity (Wildman–Crippen MR) is 233 cm³/mol. The molecule has 0 rings (SSSR count). The van der Waals surface area contributed by atoms with E-state index >= 15 is 0 Å². The molecule has 6 heteroatoms. The Labute approximate surface area is 341 Å². The van der Waals surface area contributed by atoms with Crippen LogP contribution in [0.2, 0.25) is 0 Å². The van der Waals surface area contributed by atoms with Gasteiger partial charge in [0.2, 0.25) is 0 Å². The molecule has 0 aliphatic heterocycles. The van der Waals surface area contributed by atoms with E-state index in [1.807, 2.05) is 0 Å². The molecule has 0 amide bonds. The van der Waals surface area contributed by atoms with Crippen LogP contribution in [0, 0.1) is 0 Å². The molecule has 0 aromatic rings. The Bertz CT molecular complexity index is 896. The first-order chi connectivity index (χ1) is 27.0. The van der Waals surface area contributed by atoms with Crippen LogP contribution in [-0.2, 0) is 28.6 Å². The Hall–Kier alpha value is -2.11. The second-order valence-corrected chi connectivity index (χ2v) is 16.0. The Balaban J connectivity index is 4.27. The lowest BCUT2D eigenvalue weighted by Gasteiger charge is -2.18. The number of hydrogen-bond acceptors (Lipinski definition) is 6. The second kappa shape index (κ2) is 44.6. The summed E-state index contributed by atoms with van der Waals surface area (Å²) in [6.07, 6.45) is 48.8. The maximum atomic E-state index is 12.7. The van der Waals surface area contributed by atoms with E-state index in [1.165, 1.54) is 141 Å². The Morgan fingerprint density at radius 1 is 0.364 bits per heavy atom. The minimum absolute atomic E-state index is 0.0703. The van der Waals surface area contributed by atoms with Gasteiger partial charge in [0.15, 0.2) is 6.10 Å². The molecule has 0 aliphatic rings. The molecule has 0 aromatic carbocycles. The topological polar surface area (TPSA) is 78.9 Å². The van der Waals surface area contributed by atoms with E-state index in [0.29, 0.717) is 19.3 Å². The maximum absolute atomic E-state index is 12.7. The number of ether oxygens (including phenoxy) is 3. The number of esters is 3. The highest BCUT2D eigenvalue weighted by atomic mass is 16.6. The lowest BCUT2D eigenvalue weighted by molar-refractivity contribution is -0.167. The van der Waals surface area contributed by atoms with Crippen molar-refractivity contribution in [1.82, 2.24) is 0 Å². The highest BCUT2D eigenvalue weighted by Crippen LogP contribution is 2.15. The second-order valence-electron chi connectivity index (χ2n) is 16.0. The van der Waals surface area contributed by atoms with Gasteiger partial charge < -0.3 is 14.2 Å². The molecule has 6 nitrogen and oxygen atoms in total. The summed E-state index contributed by atoms with van der Waals surface area (Å²) in [6.45, 7) is 6.59. The summed E-state index contributed by atoms with van der Waals surface area (Å²) < 4.78 is 16.7. The van der Waals surface area contributed by atoms with Crippen molar-refractivity contribution in [3.63, 3.8) is 0 Å². The zero-order valence-electron chi connectivity index (χ0n) is 36.7. The van der Waals surface area contributed by atoms with Crippen LogP contribution in [-0.4, -0.2) is 37.2 Å². The van der Waals surface area contributed by atoms with Crippen molar-refractivity contribution in [3.05, 3.63) is 24.3 Å². The Morgan fingerprint density at radius 3 is 1.02 bits per heavy atom. The Morgan fingerprint density at radius 2 is 0.655 bits per heavy atom. The van der Waals surface area contributed by atoms with Crippen LogP contribution in [0.15, 0.2) is 24.3 Å². The van der Waals surface area contributed by atoms with Gasteiger partial charge in [-0.2, -0.15) is 0 Å². The molecule has 0 fully saturated rings. The van der Waals surface area contributed by atoms with Crippen molar-refractivity contribution in [1.29, 1.82) is 0 Å². The smallest absolute Gasteiger partial charge is 0.306 e. The third-order valence-electron chi connectivity index (χ3n) is 10.5. The highest BCUT2D eigenvalue weighted by Gasteiger charge is 2.19. The van der Waals surface area contributed by atoms with Crippen molar-refractivity contribution in [2.75, 3.05) is 13.2 Å². The van der Waals surface area contributed by atoms with Crippen LogP contribution in [0.5, 0.6) is 0 Å². The summed E-state index contributed by atoms with van der Waals surface area (Å²) in [7, 11) is 0. The molecule has 1 unspecified atom stereocenters. The van der Waals surface area contributed by atoms with Gasteiger partial charge in [-0.05, 0) is 51.4 Å². The number of hydrogen-bond donors (Lipinski definition) is 0. The van der Waals surface area contributed by atoms with E-state index in [0.717, 1.165) is 70.6 Å². The molecular formula is C49H90O6. The predicted octanol–water partition coefficient (Wildman–Crippen LogP) is 15.2. The van der Waals surface area contributed by atoms with E-state index in [2.05, 4.69) is 45.1 Å². The van der Waals surface area contributed by atoms with E-state index in [-0.39, 0.29) is 31.1 Å². The lowest BCUT2D eigenvalue weighted by atomic mass is 10.1. The molecule has 0 aliphatic carbocycles. The molecule has 55 heavy (non-hydrogen) atoms. The number of carbonyl (C=O) groups is 3. The van der Waals surface area contributed by atoms with Crippen molar-refractivity contribution < 1.29 is 28.6 Å². The molecule has 0 N–H and O–H groups in total. The molecule has 322 valence electrons. The van der Waals surface area contributed by atoms with Gasteiger partial charge in [-0.25, -0.2) is 0 Å². The Kier molecular flexibility index (Phi) is 42.9. The van der Waals surface area contributed by atoms with Crippen molar-refractivity contribution in [3.8, 4) is 0 Å². The van der Waals surface area contributed by atoms with Crippen LogP contribution in [0.25, 0.3) is 0 Å². The molecule has 0 aromatic heterocycles. The summed E-state index contributed by atoms with van der Waals surface area (Å²) in [6, 6.07) is 0. The third-order valence-corrected chi connectivity index (χ3v) is 10.5. The summed E-state index contributed by atoms with van der Waals surface area (Å²) in [5.41, 5.74) is 0. The monoisotopic (exact) mass is 775 g/mol. The maximum Gasteiger partial charge on any atom is 0.306 e. The van der Waals surface area contributed by atoms with Gasteiger partial charge in [0.1, 0.15) is 13.2 Å². The molecule has 0 saturated heterocycles. The SMILES string of the molecule is CCCCCC/C=C\C/C=C\CCCCCCCCCC(=O)OCC(COC(=O)CCCCCCCCCC)OC(=O)CCCCCCCCCCCCC. The molecule has 0 bridgehead atoms. The van der Waals surface area contributed by atoms with E-state index < -0.39 is 6.10 Å². The fraction of sp³-hybridized carbons (Fsp3) is 0.857. The first-order valence-corrected chi connectivity index (χ1v) is 23.8. The molecule has 0 radical (unpaired) electrons. The number of allylic oxidation sites excluding steroid dienone is 4. The summed E-state index contributed by atoms with van der Waals surface area (Å²) in [5.74, 6) is -0.876. The minimum atomic E-state index is -0.765. The number of unbranched alkanes of at least 4 members (excludes halogenated alkanes) is 28. The van der Waals surface area contributed by atoms with Gasteiger partial charge in [-0.3, -0.25) is 14.4 Å². The lowest BCUT2D eigenvalue weighted by Crippen LogP contribution is -2.30. The molecule has 1 atom stereocenters. The molecule has 0 spiro atoms. The van der Waals surface area contributed by atoms with Gasteiger partial charge in [-0.1, -0.05) is 206 Å². The zero-order chi connectivity index (χ0) is 40.1. The van der Waals surface area contributed by atoms with Crippen LogP contribution in [0.1, 0.15) is 252 Å². The summed E-state index contributed by atoms with van der Waals surface area (Å²) >= 11 is 0. The molecule has 0 saturated carbocycles. The van der Waals surface area contributed by atoms with E-state index in [1.54, 1.807) is 0 Å². The van der Waals surface area contributed by atoms with Crippen LogP contribution < -0.4 is 0 Å². The van der Waals surface area contributed by atoms with E-state index in [4.69, 9.17) is 14.2 Å². The first kappa shape index (κ1) is 52.9. The van der Waals surface area contributed by atoms with Gasteiger partial charge in [-0.15, -0.1) is 0 Å². The normalized spacial score (nSPS) is 12.1. The van der Waals surface area contributed by atoms with Gasteiger partial charge in [0.25, 0.3) is 0 Å². The molecular weight excluding hydrogens is 685 g/mol. The van der Waals surface area contributed by atoms with Crippen molar-refractivity contribution in [2.45, 2.75) is 258 Å². The summed E-state index contributed by atoms with van der Waals surface area (Å²) in [4.78, 5) is 37.7. The van der Waals surface area contributed by atoms with Crippen LogP contribution in [0.3, 0.4) is 0 Å². The standard InChI is InChI=1S/C49H90O6/c1-4-7-10-13-16-19-21-22-23-24-25-26-27-29-30-33-36-39-42-48(51)54-45-46(44-53-47(50)41-38-35-32-18-15-12-9-6-3)55-49(52)43-40-37-34-31-28-20-17-14-11-8-5-2/h19,21,23-24,46H,4-18,20,22,25-45H2,1-3H3/b21-19-,24-23-. The largest absolute Gasteiger partial charge is 0.462 e. The van der Waals surface area contributed by atoms with Gasteiger partial charge >= 0.3 is 17.9 Å². The quantitative estimate of drug-likeness (QED) is 0.0266. The third kappa shape index (κ3) is 42.9. The summed E-state index contributed by atoms with van der Waals surface area (Å²) in [5, 5.41) is 0. The highest BCUT2D eigenvalue weighted by molar-refractivity contribution is 5.71. The molecule has 0 heterocycles. The fourth-order valence-electron chi connectivity index (χ4n) is 6.82. The van der Waals surface area contributed by atoms with Crippen molar-refractivity contribution >= 4 is 17.9 Å². The average Bonchev–Trinajstić information content (AvgIpc) is 3.18. The average molecular weight is 775 g/mol. The van der Waals surface area contributed by atoms with Gasteiger partial charge in [0, 0.05) is 19.3 Å². The van der Waals surface area contributed by atoms with Gasteiger partial charge in [0.05, 0.1) is 0 Å². The van der Waals surface area contributed by atoms with Crippen LogP contribution in [0.4, 0.5) is 0 Å². The zero-order valence-corrected chi connectivity index (χ0v) is 36.7. The fourth-order valence-corrected chi connectivity index (χ4v) is 6.82. The first-order valence-electron chi connectivity index (χ1n) is 23.8. The number of carbonyl (C=O) groups excluding carboxylic acids is 3. The number of rotatable bonds is 43. The van der Waals surface area contributed by atoms with Crippen LogP contribution >= 0.6 is 0 Å².